The maximum Gasteiger partial charge on any atom is 0.290 e. The zero-order chi connectivity index (χ0) is 20.3. The molecule has 1 N–H and O–H groups in total. The van der Waals surface area contributed by atoms with Gasteiger partial charge in [0.15, 0.2) is 17.3 Å². The van der Waals surface area contributed by atoms with Crippen LogP contribution in [0.4, 0.5) is 0 Å². The highest BCUT2D eigenvalue weighted by Crippen LogP contribution is 2.45. The van der Waals surface area contributed by atoms with Crippen molar-refractivity contribution in [2.75, 3.05) is 34.5 Å². The Balaban J connectivity index is 2.17. The van der Waals surface area contributed by atoms with E-state index in [4.69, 9.17) is 14.2 Å². The second-order valence-corrected chi connectivity index (χ2v) is 6.99. The Bertz CT molecular complexity index is 905. The molecule has 1 aliphatic rings. The zero-order valence-corrected chi connectivity index (χ0v) is 16.6. The molecule has 28 heavy (non-hydrogen) atoms. The highest BCUT2D eigenvalue weighted by atomic mass is 32.1. The first kappa shape index (κ1) is 19.9. The van der Waals surface area contributed by atoms with Gasteiger partial charge in [0.2, 0.25) is 5.78 Å². The third-order valence-corrected chi connectivity index (χ3v) is 5.43. The van der Waals surface area contributed by atoms with E-state index in [0.717, 1.165) is 0 Å². The minimum absolute atomic E-state index is 0.0232. The molecule has 0 saturated carbocycles. The van der Waals surface area contributed by atoms with Crippen molar-refractivity contribution in [1.82, 2.24) is 4.90 Å². The van der Waals surface area contributed by atoms with Gasteiger partial charge >= 0.3 is 0 Å². The fourth-order valence-corrected chi connectivity index (χ4v) is 3.97. The number of thiophene rings is 1. The number of carbonyl (C=O) groups is 2. The monoisotopic (exact) mass is 403 g/mol. The number of amides is 1. The van der Waals surface area contributed by atoms with Gasteiger partial charge in [-0.05, 0) is 17.5 Å². The fraction of sp³-hybridized carbons (Fsp3) is 0.300. The van der Waals surface area contributed by atoms with Crippen molar-refractivity contribution >= 4 is 23.0 Å². The van der Waals surface area contributed by atoms with Gasteiger partial charge in [-0.25, -0.2) is 0 Å². The number of nitrogens with zero attached hydrogens (tertiary/aromatic N) is 1. The number of rotatable bonds is 8. The summed E-state index contributed by atoms with van der Waals surface area (Å²) in [6.45, 7) is 0.452. The second kappa shape index (κ2) is 8.45. The van der Waals surface area contributed by atoms with E-state index in [9.17, 15) is 14.7 Å². The van der Waals surface area contributed by atoms with Crippen molar-refractivity contribution in [2.45, 2.75) is 6.04 Å². The normalized spacial score (nSPS) is 16.6. The van der Waals surface area contributed by atoms with Crippen LogP contribution in [0.3, 0.4) is 0 Å². The summed E-state index contributed by atoms with van der Waals surface area (Å²) in [6, 6.07) is 7.81. The van der Waals surface area contributed by atoms with Crippen LogP contribution in [-0.4, -0.2) is 56.2 Å². The molecule has 0 spiro atoms. The first-order valence-corrected chi connectivity index (χ1v) is 9.45. The van der Waals surface area contributed by atoms with Crippen molar-refractivity contribution in [3.63, 3.8) is 0 Å². The Kier molecular flexibility index (Phi) is 6.01. The summed E-state index contributed by atoms with van der Waals surface area (Å²) < 4.78 is 16.0. The van der Waals surface area contributed by atoms with Crippen molar-refractivity contribution in [1.29, 1.82) is 0 Å². The number of ketones is 1. The Labute approximate surface area is 166 Å². The van der Waals surface area contributed by atoms with Crippen LogP contribution in [0, 0.1) is 0 Å². The number of hydrogen-bond donors (Lipinski definition) is 1. The Morgan fingerprint density at radius 3 is 2.57 bits per heavy atom. The molecule has 0 fully saturated rings. The number of ether oxygens (including phenoxy) is 3. The molecule has 0 bridgehead atoms. The number of aliphatic hydroxyl groups is 1. The topological polar surface area (TPSA) is 85.3 Å². The van der Waals surface area contributed by atoms with Crippen LogP contribution in [0.1, 0.15) is 21.3 Å². The van der Waals surface area contributed by atoms with Gasteiger partial charge in [0.05, 0.1) is 37.3 Å². The number of aliphatic hydroxyl groups excluding tert-OH is 1. The molecule has 2 aromatic rings. The van der Waals surface area contributed by atoms with Crippen molar-refractivity contribution in [2.24, 2.45) is 0 Å². The molecule has 3 rings (SSSR count). The number of methoxy groups -OCH3 is 3. The molecule has 1 aliphatic heterocycles. The minimum atomic E-state index is -0.817. The van der Waals surface area contributed by atoms with Gasteiger partial charge in [-0.3, -0.25) is 9.59 Å². The van der Waals surface area contributed by atoms with Gasteiger partial charge in [-0.2, -0.15) is 0 Å². The van der Waals surface area contributed by atoms with Crippen LogP contribution in [0.15, 0.2) is 47.0 Å². The summed E-state index contributed by atoms with van der Waals surface area (Å²) >= 11 is 1.25. The minimum Gasteiger partial charge on any atom is -0.503 e. The fourth-order valence-electron chi connectivity index (χ4n) is 3.30. The molecule has 1 amide bonds. The lowest BCUT2D eigenvalue weighted by molar-refractivity contribution is -0.130. The van der Waals surface area contributed by atoms with Gasteiger partial charge < -0.3 is 24.2 Å². The summed E-state index contributed by atoms with van der Waals surface area (Å²) in [4.78, 5) is 27.8. The van der Waals surface area contributed by atoms with E-state index in [1.165, 1.54) is 37.6 Å². The molecule has 1 aromatic carbocycles. The van der Waals surface area contributed by atoms with Crippen molar-refractivity contribution < 1.29 is 28.9 Å². The maximum atomic E-state index is 13.1. The first-order valence-electron chi connectivity index (χ1n) is 8.57. The molecule has 1 unspecified atom stereocenters. The molecule has 1 atom stereocenters. The lowest BCUT2D eigenvalue weighted by Crippen LogP contribution is -2.34. The lowest BCUT2D eigenvalue weighted by atomic mass is 9.94. The molecule has 0 saturated heterocycles. The van der Waals surface area contributed by atoms with Crippen LogP contribution >= 0.6 is 11.3 Å². The number of para-hydroxylation sites is 1. The van der Waals surface area contributed by atoms with Crippen LogP contribution in [0.5, 0.6) is 11.5 Å². The zero-order valence-electron chi connectivity index (χ0n) is 15.8. The van der Waals surface area contributed by atoms with Crippen LogP contribution in [0.25, 0.3) is 0 Å². The molecular formula is C20H21NO6S. The summed E-state index contributed by atoms with van der Waals surface area (Å²) in [5.74, 6) is -0.698. The largest absolute Gasteiger partial charge is 0.503 e. The SMILES string of the molecule is COCCN1C(=O)C(O)=C(C(=O)c2cccs2)C1c1cccc(OC)c1OC. The Hall–Kier alpha value is -2.84. The molecule has 148 valence electrons. The molecule has 1 aromatic heterocycles. The Morgan fingerprint density at radius 2 is 1.96 bits per heavy atom. The number of Topliss-reactive ketones (excluding diaryl/α,β-unsaturated/α-hetero) is 1. The van der Waals surface area contributed by atoms with E-state index in [2.05, 4.69) is 0 Å². The summed E-state index contributed by atoms with van der Waals surface area (Å²) in [5, 5.41) is 12.3. The molecule has 7 nitrogen and oxygen atoms in total. The molecular weight excluding hydrogens is 382 g/mol. The van der Waals surface area contributed by atoms with Gasteiger partial charge in [0, 0.05) is 19.2 Å². The van der Waals surface area contributed by atoms with Crippen LogP contribution in [0.2, 0.25) is 0 Å². The van der Waals surface area contributed by atoms with Gasteiger partial charge in [0.25, 0.3) is 5.91 Å². The average molecular weight is 403 g/mol. The summed E-state index contributed by atoms with van der Waals surface area (Å²) in [5.41, 5.74) is 0.574. The smallest absolute Gasteiger partial charge is 0.290 e. The van der Waals surface area contributed by atoms with Gasteiger partial charge in [0.1, 0.15) is 0 Å². The third-order valence-electron chi connectivity index (χ3n) is 4.56. The van der Waals surface area contributed by atoms with E-state index in [0.29, 0.717) is 21.9 Å². The molecule has 8 heteroatoms. The van der Waals surface area contributed by atoms with Crippen molar-refractivity contribution in [3.05, 3.63) is 57.5 Å². The highest BCUT2D eigenvalue weighted by Gasteiger charge is 2.45. The number of hydrogen-bond acceptors (Lipinski definition) is 7. The van der Waals surface area contributed by atoms with Gasteiger partial charge in [-0.1, -0.05) is 18.2 Å². The average Bonchev–Trinajstić information content (AvgIpc) is 3.33. The number of benzene rings is 1. The lowest BCUT2D eigenvalue weighted by Gasteiger charge is -2.28. The van der Waals surface area contributed by atoms with Crippen LogP contribution in [-0.2, 0) is 9.53 Å². The summed E-state index contributed by atoms with van der Waals surface area (Å²) in [6.07, 6.45) is 0. The van der Waals surface area contributed by atoms with E-state index in [-0.39, 0.29) is 18.7 Å². The standard InChI is InChI=1S/C20H21NO6S/c1-25-10-9-21-16(12-6-4-7-13(26-2)19(12)27-3)15(18(23)20(21)24)17(22)14-8-5-11-28-14/h4-8,11,16,23H,9-10H2,1-3H3. The van der Waals surface area contributed by atoms with E-state index in [1.54, 1.807) is 35.7 Å². The second-order valence-electron chi connectivity index (χ2n) is 6.05. The molecule has 0 aliphatic carbocycles. The van der Waals surface area contributed by atoms with Gasteiger partial charge in [-0.15, -0.1) is 11.3 Å². The van der Waals surface area contributed by atoms with E-state index in [1.807, 2.05) is 0 Å². The Morgan fingerprint density at radius 1 is 1.18 bits per heavy atom. The predicted octanol–water partition coefficient (Wildman–Crippen LogP) is 2.99. The van der Waals surface area contributed by atoms with E-state index >= 15 is 0 Å². The molecule has 0 radical (unpaired) electrons. The first-order chi connectivity index (χ1) is 13.5. The highest BCUT2D eigenvalue weighted by molar-refractivity contribution is 7.12. The molecule has 2 heterocycles. The third kappa shape index (κ3) is 3.36. The maximum absolute atomic E-state index is 13.1. The number of carbonyl (C=O) groups excluding carboxylic acids is 2. The summed E-state index contributed by atoms with van der Waals surface area (Å²) in [7, 11) is 4.52. The quantitative estimate of drug-likeness (QED) is 0.682. The van der Waals surface area contributed by atoms with E-state index < -0.39 is 23.5 Å². The predicted molar refractivity (Wildman–Crippen MR) is 104 cm³/mol. The van der Waals surface area contributed by atoms with Crippen LogP contribution < -0.4 is 9.47 Å². The van der Waals surface area contributed by atoms with Crippen molar-refractivity contribution in [3.8, 4) is 11.5 Å².